The molecule has 0 aromatic carbocycles. The Morgan fingerprint density at radius 1 is 0.969 bits per heavy atom. The van der Waals surface area contributed by atoms with Crippen LogP contribution < -0.4 is 10.6 Å². The van der Waals surface area contributed by atoms with E-state index < -0.39 is 23.0 Å². The maximum absolute atomic E-state index is 12.7. The van der Waals surface area contributed by atoms with Crippen LogP contribution in [-0.2, 0) is 19.1 Å². The first kappa shape index (κ1) is 30.7. The van der Waals surface area contributed by atoms with E-state index in [4.69, 9.17) is 4.74 Å². The summed E-state index contributed by atoms with van der Waals surface area (Å²) >= 11 is 1.54. The number of rotatable bonds is 17. The van der Waals surface area contributed by atoms with Crippen LogP contribution in [0.4, 0.5) is 0 Å². The van der Waals surface area contributed by atoms with Crippen LogP contribution >= 0.6 is 11.8 Å². The van der Waals surface area contributed by atoms with Crippen molar-refractivity contribution < 1.29 is 24.2 Å². The van der Waals surface area contributed by atoms with Crippen molar-refractivity contribution >= 4 is 29.5 Å². The molecule has 3 N–H and O–H groups in total. The van der Waals surface area contributed by atoms with Crippen molar-refractivity contribution in [2.45, 2.75) is 92.7 Å². The van der Waals surface area contributed by atoms with Gasteiger partial charge >= 0.3 is 5.97 Å². The van der Waals surface area contributed by atoms with Gasteiger partial charge in [-0.1, -0.05) is 41.5 Å². The number of thioether (sulfide) groups is 1. The number of carboxylic acid groups (broad SMARTS) is 1. The fraction of sp³-hybridized carbons (Fsp3) is 0.875. The number of ether oxygens (including phenoxy) is 1. The molecule has 1 atom stereocenters. The lowest BCUT2D eigenvalue weighted by atomic mass is 9.88. The molecule has 0 saturated heterocycles. The van der Waals surface area contributed by atoms with Crippen molar-refractivity contribution in [1.82, 2.24) is 10.6 Å². The topological polar surface area (TPSA) is 105 Å². The Morgan fingerprint density at radius 2 is 1.59 bits per heavy atom. The van der Waals surface area contributed by atoms with Crippen LogP contribution in [0.15, 0.2) is 0 Å². The average Bonchev–Trinajstić information content (AvgIpc) is 2.64. The predicted octanol–water partition coefficient (Wildman–Crippen LogP) is 4.10. The van der Waals surface area contributed by atoms with E-state index in [0.717, 1.165) is 12.2 Å². The van der Waals surface area contributed by atoms with Gasteiger partial charge in [-0.25, -0.2) is 4.79 Å². The summed E-state index contributed by atoms with van der Waals surface area (Å²) < 4.78 is 5.99. The largest absolute Gasteiger partial charge is 0.480 e. The highest BCUT2D eigenvalue weighted by Gasteiger charge is 2.32. The second kappa shape index (κ2) is 14.8. The third-order valence-electron chi connectivity index (χ3n) is 5.17. The van der Waals surface area contributed by atoms with Crippen molar-refractivity contribution in [3.63, 3.8) is 0 Å². The van der Waals surface area contributed by atoms with Gasteiger partial charge in [0.25, 0.3) is 0 Å². The Hall–Kier alpha value is -1.28. The smallest absolute Gasteiger partial charge is 0.327 e. The number of hydrogen-bond acceptors (Lipinski definition) is 5. The Morgan fingerprint density at radius 3 is 2.12 bits per heavy atom. The van der Waals surface area contributed by atoms with Crippen LogP contribution in [0.3, 0.4) is 0 Å². The van der Waals surface area contributed by atoms with E-state index in [9.17, 15) is 19.5 Å². The van der Waals surface area contributed by atoms with Gasteiger partial charge in [0.1, 0.15) is 6.04 Å². The third-order valence-corrected chi connectivity index (χ3v) is 6.64. The number of nitrogens with one attached hydrogen (secondary N) is 2. The fourth-order valence-corrected chi connectivity index (χ4v) is 3.80. The number of aliphatic carboxylic acids is 1. The summed E-state index contributed by atoms with van der Waals surface area (Å²) in [6, 6.07) is -0.901. The van der Waals surface area contributed by atoms with Gasteiger partial charge < -0.3 is 20.5 Å². The summed E-state index contributed by atoms with van der Waals surface area (Å²) in [6.45, 7) is 16.8. The summed E-state index contributed by atoms with van der Waals surface area (Å²) in [4.78, 5) is 36.1. The second-order valence-corrected chi connectivity index (χ2v) is 11.6. The van der Waals surface area contributed by atoms with Crippen LogP contribution in [-0.4, -0.2) is 59.2 Å². The molecular formula is C24H46N2O5S. The fourth-order valence-electron chi connectivity index (χ4n) is 2.73. The van der Waals surface area contributed by atoms with Gasteiger partial charge in [-0.2, -0.15) is 11.8 Å². The van der Waals surface area contributed by atoms with Gasteiger partial charge in [-0.05, 0) is 50.7 Å². The molecule has 0 aromatic heterocycles. The molecule has 0 aliphatic carbocycles. The first-order valence-electron chi connectivity index (χ1n) is 11.7. The van der Waals surface area contributed by atoms with Crippen LogP contribution in [0.1, 0.15) is 81.1 Å². The lowest BCUT2D eigenvalue weighted by Gasteiger charge is -2.30. The van der Waals surface area contributed by atoms with Crippen molar-refractivity contribution in [2.75, 3.05) is 24.7 Å². The van der Waals surface area contributed by atoms with Gasteiger partial charge in [-0.15, -0.1) is 0 Å². The normalized spacial score (nSPS) is 13.3. The van der Waals surface area contributed by atoms with E-state index in [1.807, 2.05) is 13.8 Å². The molecule has 0 saturated carbocycles. The van der Waals surface area contributed by atoms with Gasteiger partial charge in [0.15, 0.2) is 0 Å². The molecule has 0 aliphatic rings. The van der Waals surface area contributed by atoms with E-state index in [1.54, 1.807) is 13.8 Å². The maximum atomic E-state index is 12.7. The van der Waals surface area contributed by atoms with Crippen molar-refractivity contribution in [2.24, 2.45) is 17.3 Å². The molecule has 0 rings (SSSR count). The SMILES string of the molecule is CC(C)CCC(=O)NCCC(C)(C)OCCC(C)(C)C(=O)N[C@@H](CSCC(C)C)C(=O)O. The van der Waals surface area contributed by atoms with Crippen LogP contribution in [0, 0.1) is 17.3 Å². The maximum Gasteiger partial charge on any atom is 0.327 e. The lowest BCUT2D eigenvalue weighted by molar-refractivity contribution is -0.143. The van der Waals surface area contributed by atoms with Crippen LogP contribution in [0.25, 0.3) is 0 Å². The summed E-state index contributed by atoms with van der Waals surface area (Å²) in [5.74, 6) is 0.936. The van der Waals surface area contributed by atoms with Crippen LogP contribution in [0.2, 0.25) is 0 Å². The molecule has 0 radical (unpaired) electrons. The zero-order chi connectivity index (χ0) is 24.9. The molecular weight excluding hydrogens is 428 g/mol. The van der Waals surface area contributed by atoms with Crippen molar-refractivity contribution in [3.8, 4) is 0 Å². The lowest BCUT2D eigenvalue weighted by Crippen LogP contribution is -2.48. The summed E-state index contributed by atoms with van der Waals surface area (Å²) in [5.41, 5.74) is -1.19. The van der Waals surface area contributed by atoms with E-state index in [2.05, 4.69) is 38.3 Å². The quantitative estimate of drug-likeness (QED) is 0.293. The van der Waals surface area contributed by atoms with Crippen molar-refractivity contribution in [1.29, 1.82) is 0 Å². The van der Waals surface area contributed by atoms with Crippen molar-refractivity contribution in [3.05, 3.63) is 0 Å². The van der Waals surface area contributed by atoms with E-state index in [-0.39, 0.29) is 11.8 Å². The molecule has 7 nitrogen and oxygen atoms in total. The molecule has 0 bridgehead atoms. The highest BCUT2D eigenvalue weighted by atomic mass is 32.2. The molecule has 0 aliphatic heterocycles. The predicted molar refractivity (Wildman–Crippen MR) is 132 cm³/mol. The number of amides is 2. The van der Waals surface area contributed by atoms with E-state index >= 15 is 0 Å². The molecule has 188 valence electrons. The second-order valence-electron chi connectivity index (χ2n) is 10.6. The van der Waals surface area contributed by atoms with Gasteiger partial charge in [0, 0.05) is 30.7 Å². The number of hydrogen-bond donors (Lipinski definition) is 3. The molecule has 0 unspecified atom stereocenters. The average molecular weight is 475 g/mol. The van der Waals surface area contributed by atoms with E-state index in [0.29, 0.717) is 50.0 Å². The highest BCUT2D eigenvalue weighted by Crippen LogP contribution is 2.24. The molecule has 2 amide bonds. The Labute approximate surface area is 199 Å². The minimum absolute atomic E-state index is 0.0619. The first-order valence-corrected chi connectivity index (χ1v) is 12.8. The van der Waals surface area contributed by atoms with Gasteiger partial charge in [-0.3, -0.25) is 9.59 Å². The number of carbonyl (C=O) groups excluding carboxylic acids is 2. The Balaban J connectivity index is 4.44. The zero-order valence-corrected chi connectivity index (χ0v) is 22.2. The molecule has 0 aromatic rings. The molecule has 0 fully saturated rings. The summed E-state index contributed by atoms with van der Waals surface area (Å²) in [5, 5.41) is 15.1. The molecule has 8 heteroatoms. The molecule has 0 spiro atoms. The summed E-state index contributed by atoms with van der Waals surface area (Å²) in [6.07, 6.45) is 2.55. The van der Waals surface area contributed by atoms with Gasteiger partial charge in [0.2, 0.25) is 11.8 Å². The highest BCUT2D eigenvalue weighted by molar-refractivity contribution is 7.99. The number of carboxylic acids is 1. The Bertz CT molecular complexity index is 591. The molecule has 0 heterocycles. The first-order chi connectivity index (χ1) is 14.7. The zero-order valence-electron chi connectivity index (χ0n) is 21.4. The van der Waals surface area contributed by atoms with E-state index in [1.165, 1.54) is 11.8 Å². The standard InChI is InChI=1S/C24H46N2O5S/c1-17(2)9-10-20(27)25-13-11-24(7,8)31-14-12-23(5,6)22(30)26-19(21(28)29)16-32-15-18(3)4/h17-19H,9-16H2,1-8H3,(H,25,27)(H,26,30)(H,28,29)/t19-/m0/s1. The Kier molecular flexibility index (Phi) is 14.2. The third kappa shape index (κ3) is 14.7. The van der Waals surface area contributed by atoms with Gasteiger partial charge in [0.05, 0.1) is 5.60 Å². The van der Waals surface area contributed by atoms with Crippen LogP contribution in [0.5, 0.6) is 0 Å². The minimum atomic E-state index is -1.02. The molecule has 32 heavy (non-hydrogen) atoms. The monoisotopic (exact) mass is 474 g/mol. The minimum Gasteiger partial charge on any atom is -0.480 e. The number of carbonyl (C=O) groups is 3. The summed E-state index contributed by atoms with van der Waals surface area (Å²) in [7, 11) is 0.